The van der Waals surface area contributed by atoms with E-state index in [0.29, 0.717) is 22.7 Å². The molecule has 0 aliphatic carbocycles. The number of carbonyl (C=O) groups is 2. The summed E-state index contributed by atoms with van der Waals surface area (Å²) >= 11 is 0. The standard InChI is InChI=1S/C19H22N4O4/c1-19(2,3)17-23-13-11-12(6-7-14(13)27-17)22-18(25)21-9-8-20-16(24)15-5-4-10-26-15/h4-7,10-11H,8-9H2,1-3H3,(H,20,24)(H2,21,22,25). The van der Waals surface area contributed by atoms with Gasteiger partial charge in [-0.3, -0.25) is 4.79 Å². The lowest BCUT2D eigenvalue weighted by molar-refractivity contribution is 0.0926. The molecule has 142 valence electrons. The van der Waals surface area contributed by atoms with Crippen LogP contribution in [0, 0.1) is 0 Å². The van der Waals surface area contributed by atoms with Crippen LogP contribution in [-0.2, 0) is 5.41 Å². The second kappa shape index (κ2) is 7.53. The van der Waals surface area contributed by atoms with Crippen LogP contribution in [0.2, 0.25) is 0 Å². The smallest absolute Gasteiger partial charge is 0.319 e. The molecule has 1 aromatic carbocycles. The zero-order chi connectivity index (χ0) is 19.4. The third-order valence-electron chi connectivity index (χ3n) is 3.73. The van der Waals surface area contributed by atoms with E-state index >= 15 is 0 Å². The number of rotatable bonds is 5. The van der Waals surface area contributed by atoms with Crippen LogP contribution >= 0.6 is 0 Å². The summed E-state index contributed by atoms with van der Waals surface area (Å²) in [4.78, 5) is 28.2. The minimum absolute atomic E-state index is 0.190. The molecule has 8 nitrogen and oxygen atoms in total. The van der Waals surface area contributed by atoms with Crippen molar-refractivity contribution in [3.63, 3.8) is 0 Å². The molecule has 8 heteroatoms. The molecule has 2 aromatic heterocycles. The number of benzene rings is 1. The maximum absolute atomic E-state index is 12.0. The average molecular weight is 370 g/mol. The predicted octanol–water partition coefficient (Wildman–Crippen LogP) is 3.27. The molecule has 0 unspecified atom stereocenters. The van der Waals surface area contributed by atoms with Gasteiger partial charge in [0, 0.05) is 24.2 Å². The Hall–Kier alpha value is -3.29. The zero-order valence-corrected chi connectivity index (χ0v) is 15.5. The number of amides is 3. The van der Waals surface area contributed by atoms with Crippen molar-refractivity contribution in [2.45, 2.75) is 26.2 Å². The second-order valence-corrected chi connectivity index (χ2v) is 7.07. The summed E-state index contributed by atoms with van der Waals surface area (Å²) in [5.74, 6) is 0.551. The Kier molecular flexibility index (Phi) is 5.16. The normalized spacial score (nSPS) is 11.4. The summed E-state index contributed by atoms with van der Waals surface area (Å²) < 4.78 is 10.7. The van der Waals surface area contributed by atoms with Gasteiger partial charge in [-0.05, 0) is 30.3 Å². The number of aromatic nitrogens is 1. The predicted molar refractivity (Wildman–Crippen MR) is 101 cm³/mol. The molecule has 0 spiro atoms. The molecule has 3 aromatic rings. The van der Waals surface area contributed by atoms with Gasteiger partial charge in [-0.2, -0.15) is 0 Å². The van der Waals surface area contributed by atoms with Crippen molar-refractivity contribution in [1.82, 2.24) is 15.6 Å². The quantitative estimate of drug-likeness (QED) is 0.597. The molecule has 0 aliphatic rings. The first kappa shape index (κ1) is 18.5. The Labute approximate surface area is 156 Å². The van der Waals surface area contributed by atoms with E-state index in [0.717, 1.165) is 0 Å². The first-order valence-corrected chi connectivity index (χ1v) is 8.60. The van der Waals surface area contributed by atoms with Gasteiger partial charge in [-0.1, -0.05) is 20.8 Å². The first-order valence-electron chi connectivity index (χ1n) is 8.60. The molecule has 2 heterocycles. The molecule has 3 N–H and O–H groups in total. The van der Waals surface area contributed by atoms with Gasteiger partial charge in [0.15, 0.2) is 11.3 Å². The molecule has 0 saturated carbocycles. The van der Waals surface area contributed by atoms with E-state index in [1.54, 1.807) is 30.3 Å². The fraction of sp³-hybridized carbons (Fsp3) is 0.316. The number of furan rings is 1. The number of oxazole rings is 1. The van der Waals surface area contributed by atoms with Crippen molar-refractivity contribution in [2.24, 2.45) is 0 Å². The average Bonchev–Trinajstić information content (AvgIpc) is 3.27. The van der Waals surface area contributed by atoms with E-state index in [2.05, 4.69) is 20.9 Å². The van der Waals surface area contributed by atoms with Crippen LogP contribution in [0.5, 0.6) is 0 Å². The Morgan fingerprint density at radius 1 is 1.11 bits per heavy atom. The molecule has 0 aliphatic heterocycles. The van der Waals surface area contributed by atoms with Crippen molar-refractivity contribution < 1.29 is 18.4 Å². The van der Waals surface area contributed by atoms with Crippen molar-refractivity contribution in [3.05, 3.63) is 48.2 Å². The van der Waals surface area contributed by atoms with Crippen LogP contribution in [0.1, 0.15) is 37.2 Å². The van der Waals surface area contributed by atoms with E-state index in [9.17, 15) is 9.59 Å². The van der Waals surface area contributed by atoms with Crippen LogP contribution in [0.15, 0.2) is 45.4 Å². The number of anilines is 1. The minimum atomic E-state index is -0.374. The topological polar surface area (TPSA) is 109 Å². The lowest BCUT2D eigenvalue weighted by atomic mass is 9.97. The molecule has 3 amide bonds. The van der Waals surface area contributed by atoms with Crippen LogP contribution in [0.25, 0.3) is 11.1 Å². The molecular formula is C19H22N4O4. The number of fused-ring (bicyclic) bond motifs is 1. The maximum Gasteiger partial charge on any atom is 0.319 e. The highest BCUT2D eigenvalue weighted by atomic mass is 16.4. The fourth-order valence-corrected chi connectivity index (χ4v) is 2.35. The van der Waals surface area contributed by atoms with Gasteiger partial charge in [0.2, 0.25) is 5.89 Å². The summed E-state index contributed by atoms with van der Waals surface area (Å²) in [7, 11) is 0. The lowest BCUT2D eigenvalue weighted by Crippen LogP contribution is -2.36. The van der Waals surface area contributed by atoms with Crippen LogP contribution < -0.4 is 16.0 Å². The molecule has 0 bridgehead atoms. The maximum atomic E-state index is 12.0. The Morgan fingerprint density at radius 3 is 2.59 bits per heavy atom. The first-order chi connectivity index (χ1) is 12.8. The highest BCUT2D eigenvalue weighted by molar-refractivity contribution is 5.92. The molecule has 27 heavy (non-hydrogen) atoms. The Morgan fingerprint density at radius 2 is 1.89 bits per heavy atom. The van der Waals surface area contributed by atoms with Crippen molar-refractivity contribution >= 4 is 28.7 Å². The third kappa shape index (κ3) is 4.66. The van der Waals surface area contributed by atoms with Gasteiger partial charge in [-0.15, -0.1) is 0 Å². The van der Waals surface area contributed by atoms with E-state index in [1.807, 2.05) is 20.8 Å². The third-order valence-corrected chi connectivity index (χ3v) is 3.73. The summed E-state index contributed by atoms with van der Waals surface area (Å²) in [5, 5.41) is 8.05. The molecule has 0 saturated heterocycles. The van der Waals surface area contributed by atoms with E-state index in [1.165, 1.54) is 6.26 Å². The number of nitrogens with zero attached hydrogens (tertiary/aromatic N) is 1. The lowest BCUT2D eigenvalue weighted by Gasteiger charge is -2.11. The molecule has 0 fully saturated rings. The fourth-order valence-electron chi connectivity index (χ4n) is 2.35. The van der Waals surface area contributed by atoms with Crippen molar-refractivity contribution in [2.75, 3.05) is 18.4 Å². The SMILES string of the molecule is CC(C)(C)c1nc2cc(NC(=O)NCCNC(=O)c3ccco3)ccc2o1. The summed E-state index contributed by atoms with van der Waals surface area (Å²) in [6.07, 6.45) is 1.43. The highest BCUT2D eigenvalue weighted by Crippen LogP contribution is 2.27. The highest BCUT2D eigenvalue weighted by Gasteiger charge is 2.21. The van der Waals surface area contributed by atoms with E-state index in [4.69, 9.17) is 8.83 Å². The number of carbonyl (C=O) groups excluding carboxylic acids is 2. The van der Waals surface area contributed by atoms with Gasteiger partial charge in [0.25, 0.3) is 5.91 Å². The van der Waals surface area contributed by atoms with Crippen molar-refractivity contribution in [3.8, 4) is 0 Å². The van der Waals surface area contributed by atoms with E-state index in [-0.39, 0.29) is 36.2 Å². The zero-order valence-electron chi connectivity index (χ0n) is 15.5. The monoisotopic (exact) mass is 370 g/mol. The molecule has 0 radical (unpaired) electrons. The summed E-state index contributed by atoms with van der Waals surface area (Å²) in [5.41, 5.74) is 1.77. The van der Waals surface area contributed by atoms with Gasteiger partial charge in [0.05, 0.1) is 6.26 Å². The van der Waals surface area contributed by atoms with E-state index < -0.39 is 0 Å². The second-order valence-electron chi connectivity index (χ2n) is 7.07. The number of hydrogen-bond acceptors (Lipinski definition) is 5. The van der Waals surface area contributed by atoms with Gasteiger partial charge in [0.1, 0.15) is 5.52 Å². The number of hydrogen-bond donors (Lipinski definition) is 3. The van der Waals surface area contributed by atoms with Gasteiger partial charge < -0.3 is 24.8 Å². The number of urea groups is 1. The summed E-state index contributed by atoms with van der Waals surface area (Å²) in [6.45, 7) is 6.63. The van der Waals surface area contributed by atoms with Gasteiger partial charge >= 0.3 is 6.03 Å². The number of nitrogens with one attached hydrogen (secondary N) is 3. The van der Waals surface area contributed by atoms with Crippen LogP contribution in [-0.4, -0.2) is 30.0 Å². The van der Waals surface area contributed by atoms with Crippen LogP contribution in [0.3, 0.4) is 0 Å². The Bertz CT molecular complexity index is 938. The van der Waals surface area contributed by atoms with Crippen molar-refractivity contribution in [1.29, 1.82) is 0 Å². The van der Waals surface area contributed by atoms with Crippen LogP contribution in [0.4, 0.5) is 10.5 Å². The van der Waals surface area contributed by atoms with Gasteiger partial charge in [-0.25, -0.2) is 9.78 Å². The molecular weight excluding hydrogens is 348 g/mol. The molecule has 0 atom stereocenters. The largest absolute Gasteiger partial charge is 0.459 e. The Balaban J connectivity index is 1.49. The minimum Gasteiger partial charge on any atom is -0.459 e. The molecule has 3 rings (SSSR count). The summed E-state index contributed by atoms with van der Waals surface area (Å²) in [6, 6.07) is 8.11.